The SMILES string of the molecule is COC(=O)CCN1CC(OCc2ccncc2)CN(C(=O)c2csc(SC)n2)CC1=O. The highest BCUT2D eigenvalue weighted by Crippen LogP contribution is 2.21. The largest absolute Gasteiger partial charge is 0.469 e. The second-order valence-electron chi connectivity index (χ2n) is 6.84. The Morgan fingerprint density at radius 2 is 2.06 bits per heavy atom. The van der Waals surface area contributed by atoms with Gasteiger partial charge in [-0.05, 0) is 24.0 Å². The van der Waals surface area contributed by atoms with Crippen LogP contribution in [0.1, 0.15) is 22.5 Å². The fourth-order valence-corrected chi connectivity index (χ4v) is 4.32. The summed E-state index contributed by atoms with van der Waals surface area (Å²) >= 11 is 2.86. The number of carbonyl (C=O) groups excluding carboxylic acids is 3. The van der Waals surface area contributed by atoms with Crippen LogP contribution in [0.4, 0.5) is 0 Å². The number of esters is 1. The fraction of sp³-hybridized carbons (Fsp3) is 0.450. The first-order chi connectivity index (χ1) is 15.0. The van der Waals surface area contributed by atoms with Crippen LogP contribution in [0.15, 0.2) is 34.2 Å². The summed E-state index contributed by atoms with van der Waals surface area (Å²) in [6.45, 7) is 0.952. The van der Waals surface area contributed by atoms with Gasteiger partial charge >= 0.3 is 5.97 Å². The van der Waals surface area contributed by atoms with Crippen LogP contribution in [0.2, 0.25) is 0 Å². The number of ether oxygens (including phenoxy) is 2. The molecule has 1 fully saturated rings. The number of thioether (sulfide) groups is 1. The first-order valence-corrected chi connectivity index (χ1v) is 11.7. The van der Waals surface area contributed by atoms with Crippen molar-refractivity contribution in [3.8, 4) is 0 Å². The number of nitrogens with zero attached hydrogens (tertiary/aromatic N) is 4. The molecule has 0 saturated carbocycles. The number of thiazole rings is 1. The molecular formula is C20H24N4O5S2. The lowest BCUT2D eigenvalue weighted by molar-refractivity contribution is -0.142. The average molecular weight is 465 g/mol. The fourth-order valence-electron chi connectivity index (χ4n) is 3.09. The van der Waals surface area contributed by atoms with Gasteiger partial charge in [0.1, 0.15) is 16.6 Å². The molecule has 9 nitrogen and oxygen atoms in total. The molecular weight excluding hydrogens is 440 g/mol. The van der Waals surface area contributed by atoms with E-state index in [0.29, 0.717) is 12.3 Å². The van der Waals surface area contributed by atoms with Gasteiger partial charge in [0.15, 0.2) is 0 Å². The van der Waals surface area contributed by atoms with Crippen molar-refractivity contribution in [3.63, 3.8) is 0 Å². The molecule has 31 heavy (non-hydrogen) atoms. The molecule has 1 saturated heterocycles. The van der Waals surface area contributed by atoms with Crippen LogP contribution in [0, 0.1) is 0 Å². The summed E-state index contributed by atoms with van der Waals surface area (Å²) in [5, 5.41) is 1.70. The second-order valence-corrected chi connectivity index (χ2v) is 8.75. The predicted octanol–water partition coefficient (Wildman–Crippen LogP) is 1.69. The first-order valence-electron chi connectivity index (χ1n) is 9.64. The van der Waals surface area contributed by atoms with Crippen molar-refractivity contribution in [2.45, 2.75) is 23.5 Å². The molecule has 0 N–H and O–H groups in total. The quantitative estimate of drug-likeness (QED) is 0.430. The van der Waals surface area contributed by atoms with Gasteiger partial charge in [-0.1, -0.05) is 11.8 Å². The van der Waals surface area contributed by atoms with Crippen molar-refractivity contribution >= 4 is 40.9 Å². The lowest BCUT2D eigenvalue weighted by Gasteiger charge is -2.24. The Hall–Kier alpha value is -2.50. The zero-order valence-electron chi connectivity index (χ0n) is 17.4. The van der Waals surface area contributed by atoms with Crippen LogP contribution >= 0.6 is 23.1 Å². The number of hydrogen-bond donors (Lipinski definition) is 0. The van der Waals surface area contributed by atoms with Crippen LogP contribution in [0.25, 0.3) is 0 Å². The van der Waals surface area contributed by atoms with Gasteiger partial charge in [-0.25, -0.2) is 4.98 Å². The molecule has 0 radical (unpaired) electrons. The third kappa shape index (κ3) is 6.49. The molecule has 11 heteroatoms. The van der Waals surface area contributed by atoms with Gasteiger partial charge in [-0.15, -0.1) is 11.3 Å². The van der Waals surface area contributed by atoms with Crippen LogP contribution in [0.3, 0.4) is 0 Å². The van der Waals surface area contributed by atoms with E-state index in [2.05, 4.69) is 14.7 Å². The van der Waals surface area contributed by atoms with E-state index in [9.17, 15) is 14.4 Å². The maximum absolute atomic E-state index is 13.0. The summed E-state index contributed by atoms with van der Waals surface area (Å²) in [5.41, 5.74) is 1.26. The highest BCUT2D eigenvalue weighted by Gasteiger charge is 2.32. The van der Waals surface area contributed by atoms with E-state index in [1.165, 1.54) is 35.1 Å². The van der Waals surface area contributed by atoms with Gasteiger partial charge in [0, 0.05) is 37.4 Å². The number of hydrogen-bond acceptors (Lipinski definition) is 9. The number of rotatable bonds is 8. The van der Waals surface area contributed by atoms with Gasteiger partial charge in [0.25, 0.3) is 5.91 Å². The molecule has 0 spiro atoms. The van der Waals surface area contributed by atoms with Crippen LogP contribution in [-0.2, 0) is 25.7 Å². The Bertz CT molecular complexity index is 908. The van der Waals surface area contributed by atoms with Gasteiger partial charge in [-0.3, -0.25) is 19.4 Å². The number of methoxy groups -OCH3 is 1. The first kappa shape index (κ1) is 23.2. The maximum atomic E-state index is 13.0. The predicted molar refractivity (Wildman–Crippen MR) is 116 cm³/mol. The smallest absolute Gasteiger partial charge is 0.307 e. The number of carbonyl (C=O) groups is 3. The summed E-state index contributed by atoms with van der Waals surface area (Å²) < 4.78 is 11.5. The summed E-state index contributed by atoms with van der Waals surface area (Å²) in [6, 6.07) is 3.69. The summed E-state index contributed by atoms with van der Waals surface area (Å²) in [5.74, 6) is -0.948. The van der Waals surface area contributed by atoms with E-state index in [1.807, 2.05) is 18.4 Å². The molecule has 3 heterocycles. The average Bonchev–Trinajstić information content (AvgIpc) is 3.22. The minimum Gasteiger partial charge on any atom is -0.469 e. The maximum Gasteiger partial charge on any atom is 0.307 e. The van der Waals surface area contributed by atoms with E-state index in [0.717, 1.165) is 9.90 Å². The van der Waals surface area contributed by atoms with Gasteiger partial charge in [0.05, 0.1) is 26.2 Å². The Balaban J connectivity index is 1.74. The van der Waals surface area contributed by atoms with Crippen molar-refractivity contribution in [1.29, 1.82) is 0 Å². The Morgan fingerprint density at radius 3 is 2.74 bits per heavy atom. The topological polar surface area (TPSA) is 102 Å². The highest BCUT2D eigenvalue weighted by molar-refractivity contribution is 8.00. The van der Waals surface area contributed by atoms with Gasteiger partial charge in [-0.2, -0.15) is 0 Å². The highest BCUT2D eigenvalue weighted by atomic mass is 32.2. The monoisotopic (exact) mass is 464 g/mol. The number of pyridine rings is 1. The number of amides is 2. The molecule has 1 atom stereocenters. The van der Waals surface area contributed by atoms with E-state index in [-0.39, 0.29) is 44.4 Å². The number of aromatic nitrogens is 2. The molecule has 1 unspecified atom stereocenters. The lowest BCUT2D eigenvalue weighted by Crippen LogP contribution is -2.40. The van der Waals surface area contributed by atoms with Crippen molar-refractivity contribution in [1.82, 2.24) is 19.8 Å². The van der Waals surface area contributed by atoms with Crippen molar-refractivity contribution < 1.29 is 23.9 Å². The minimum atomic E-state index is -0.417. The normalized spacial score (nSPS) is 16.8. The molecule has 166 valence electrons. The second kappa shape index (κ2) is 11.2. The van der Waals surface area contributed by atoms with Crippen molar-refractivity contribution in [2.24, 2.45) is 0 Å². The van der Waals surface area contributed by atoms with Gasteiger partial charge < -0.3 is 19.3 Å². The van der Waals surface area contributed by atoms with Crippen LogP contribution in [0.5, 0.6) is 0 Å². The van der Waals surface area contributed by atoms with Gasteiger partial charge in [0.2, 0.25) is 5.91 Å². The molecule has 2 aromatic heterocycles. The van der Waals surface area contributed by atoms with Crippen LogP contribution < -0.4 is 0 Å². The zero-order chi connectivity index (χ0) is 22.2. The van der Waals surface area contributed by atoms with E-state index >= 15 is 0 Å². The summed E-state index contributed by atoms with van der Waals surface area (Å²) in [7, 11) is 1.31. The Kier molecular flexibility index (Phi) is 8.38. The third-order valence-corrected chi connectivity index (χ3v) is 6.60. The minimum absolute atomic E-state index is 0.0798. The molecule has 0 aromatic carbocycles. The third-order valence-electron chi connectivity index (χ3n) is 4.74. The van der Waals surface area contributed by atoms with E-state index < -0.39 is 12.1 Å². The van der Waals surface area contributed by atoms with E-state index in [1.54, 1.807) is 22.7 Å². The molecule has 0 aliphatic carbocycles. The molecule has 2 aromatic rings. The molecule has 0 bridgehead atoms. The van der Waals surface area contributed by atoms with E-state index in [4.69, 9.17) is 4.74 Å². The van der Waals surface area contributed by atoms with Crippen molar-refractivity contribution in [3.05, 3.63) is 41.2 Å². The van der Waals surface area contributed by atoms with Crippen LogP contribution in [-0.4, -0.2) is 83.2 Å². The standard InChI is InChI=1S/C20H24N4O5S2/c1-28-18(26)5-8-23-9-15(29-12-14-3-6-21-7-4-14)10-24(11-17(23)25)19(27)16-13-31-20(22-16)30-2/h3-4,6-7,13,15H,5,8-12H2,1-2H3. The Morgan fingerprint density at radius 1 is 1.29 bits per heavy atom. The Labute approximate surface area is 188 Å². The molecule has 2 amide bonds. The zero-order valence-corrected chi connectivity index (χ0v) is 19.0. The molecule has 1 aliphatic rings. The van der Waals surface area contributed by atoms with Crippen molar-refractivity contribution in [2.75, 3.05) is 39.5 Å². The lowest BCUT2D eigenvalue weighted by atomic mass is 10.2. The summed E-state index contributed by atoms with van der Waals surface area (Å²) in [6.07, 6.45) is 4.92. The summed E-state index contributed by atoms with van der Waals surface area (Å²) in [4.78, 5) is 48.7. The molecule has 3 rings (SSSR count). The molecule has 1 aliphatic heterocycles.